The first kappa shape index (κ1) is 14.9. The number of aromatic nitrogens is 2. The lowest BCUT2D eigenvalue weighted by molar-refractivity contribution is -0.138. The smallest absolute Gasteiger partial charge is 0.228 e. The van der Waals surface area contributed by atoms with E-state index in [0.717, 1.165) is 57.6 Å². The van der Waals surface area contributed by atoms with Crippen molar-refractivity contribution in [2.45, 2.75) is 50.9 Å². The number of hydrogen-bond acceptors (Lipinski definition) is 4. The van der Waals surface area contributed by atoms with Gasteiger partial charge in [-0.2, -0.15) is 0 Å². The van der Waals surface area contributed by atoms with Gasteiger partial charge in [0, 0.05) is 44.2 Å². The summed E-state index contributed by atoms with van der Waals surface area (Å²) in [5.41, 5.74) is 2.47. The van der Waals surface area contributed by atoms with Gasteiger partial charge in [-0.3, -0.25) is 4.79 Å². The van der Waals surface area contributed by atoms with Crippen molar-refractivity contribution in [2.24, 2.45) is 5.41 Å². The molecule has 124 valence electrons. The van der Waals surface area contributed by atoms with Gasteiger partial charge in [0.25, 0.3) is 0 Å². The normalized spacial score (nSPS) is 27.9. The maximum absolute atomic E-state index is 12.8. The zero-order valence-corrected chi connectivity index (χ0v) is 14.4. The zero-order chi connectivity index (χ0) is 16.2. The van der Waals surface area contributed by atoms with Gasteiger partial charge in [-0.15, -0.1) is 0 Å². The molecule has 5 nitrogen and oxygen atoms in total. The standard InChI is InChI=1S/C18H26N4O/c1-17(8-9-17)15(23)22-10-4-6-18(12-22)7-5-13-11-19-16(21(2)3)20-14(13)18/h11H,4-10,12H2,1-3H3. The quantitative estimate of drug-likeness (QED) is 0.839. The van der Waals surface area contributed by atoms with E-state index < -0.39 is 0 Å². The van der Waals surface area contributed by atoms with Crippen LogP contribution in [0.5, 0.6) is 0 Å². The fourth-order valence-electron chi connectivity index (χ4n) is 4.23. The number of hydrogen-bond donors (Lipinski definition) is 0. The SMILES string of the molecule is CN(C)c1ncc2c(n1)C1(CCCN(C(=O)C3(C)CC3)C1)CC2. The zero-order valence-electron chi connectivity index (χ0n) is 14.4. The second kappa shape index (κ2) is 4.92. The molecule has 1 aliphatic heterocycles. The van der Waals surface area contributed by atoms with Gasteiger partial charge in [0.15, 0.2) is 0 Å². The molecule has 23 heavy (non-hydrogen) atoms. The lowest BCUT2D eigenvalue weighted by atomic mass is 9.77. The molecule has 2 heterocycles. The van der Waals surface area contributed by atoms with Crippen LogP contribution in [0.2, 0.25) is 0 Å². The Bertz CT molecular complexity index is 648. The third-order valence-corrected chi connectivity index (χ3v) is 6.01. The number of carbonyl (C=O) groups is 1. The van der Waals surface area contributed by atoms with Crippen molar-refractivity contribution in [3.63, 3.8) is 0 Å². The topological polar surface area (TPSA) is 49.3 Å². The minimum Gasteiger partial charge on any atom is -0.347 e. The van der Waals surface area contributed by atoms with Gasteiger partial charge in [-0.25, -0.2) is 9.97 Å². The van der Waals surface area contributed by atoms with Crippen molar-refractivity contribution in [2.75, 3.05) is 32.1 Å². The summed E-state index contributed by atoms with van der Waals surface area (Å²) in [4.78, 5) is 26.2. The molecule has 1 aromatic heterocycles. The van der Waals surface area contributed by atoms with Crippen LogP contribution in [-0.2, 0) is 16.6 Å². The maximum atomic E-state index is 12.8. The monoisotopic (exact) mass is 314 g/mol. The number of rotatable bonds is 2. The molecule has 1 saturated heterocycles. The molecule has 0 aromatic carbocycles. The van der Waals surface area contributed by atoms with Gasteiger partial charge in [-0.1, -0.05) is 6.92 Å². The molecule has 0 N–H and O–H groups in total. The summed E-state index contributed by atoms with van der Waals surface area (Å²) in [5.74, 6) is 1.15. The summed E-state index contributed by atoms with van der Waals surface area (Å²) in [5, 5.41) is 0. The highest BCUT2D eigenvalue weighted by Gasteiger charge is 2.51. The van der Waals surface area contributed by atoms with Crippen molar-refractivity contribution in [1.82, 2.24) is 14.9 Å². The van der Waals surface area contributed by atoms with Crippen molar-refractivity contribution < 1.29 is 4.79 Å². The summed E-state index contributed by atoms with van der Waals surface area (Å²) in [6.45, 7) is 3.88. The van der Waals surface area contributed by atoms with Gasteiger partial charge < -0.3 is 9.80 Å². The van der Waals surface area contributed by atoms with Gasteiger partial charge in [0.05, 0.1) is 5.69 Å². The molecule has 1 atom stereocenters. The molecule has 3 aliphatic rings. The number of fused-ring (bicyclic) bond motifs is 2. The lowest BCUT2D eigenvalue weighted by Gasteiger charge is -2.41. The Kier molecular flexibility index (Phi) is 3.19. The predicted octanol–water partition coefficient (Wildman–Crippen LogP) is 2.15. The summed E-state index contributed by atoms with van der Waals surface area (Å²) in [6, 6.07) is 0. The van der Waals surface area contributed by atoms with Gasteiger partial charge >= 0.3 is 0 Å². The first-order valence-electron chi connectivity index (χ1n) is 8.77. The molecule has 4 rings (SSSR count). The van der Waals surface area contributed by atoms with E-state index in [2.05, 4.69) is 16.8 Å². The molecule has 1 spiro atoms. The van der Waals surface area contributed by atoms with Gasteiger partial charge in [-0.05, 0) is 44.1 Å². The third-order valence-electron chi connectivity index (χ3n) is 6.01. The van der Waals surface area contributed by atoms with Gasteiger partial charge in [0.2, 0.25) is 11.9 Å². The van der Waals surface area contributed by atoms with Crippen LogP contribution in [0, 0.1) is 5.41 Å². The summed E-state index contributed by atoms with van der Waals surface area (Å²) >= 11 is 0. The van der Waals surface area contributed by atoms with E-state index in [1.165, 1.54) is 11.3 Å². The Hall–Kier alpha value is -1.65. The van der Waals surface area contributed by atoms with Crippen LogP contribution < -0.4 is 4.90 Å². The number of aryl methyl sites for hydroxylation is 1. The Morgan fingerprint density at radius 2 is 2.04 bits per heavy atom. The number of amides is 1. The largest absolute Gasteiger partial charge is 0.347 e. The molecule has 2 fully saturated rings. The summed E-state index contributed by atoms with van der Waals surface area (Å²) in [7, 11) is 3.96. The predicted molar refractivity (Wildman–Crippen MR) is 89.5 cm³/mol. The third kappa shape index (κ3) is 2.32. The molecule has 0 radical (unpaired) electrons. The van der Waals surface area contributed by atoms with E-state index in [0.29, 0.717) is 5.91 Å². The molecule has 1 unspecified atom stereocenters. The Balaban J connectivity index is 1.65. The van der Waals surface area contributed by atoms with E-state index >= 15 is 0 Å². The van der Waals surface area contributed by atoms with Crippen LogP contribution in [0.3, 0.4) is 0 Å². The average Bonchev–Trinajstić information content (AvgIpc) is 3.22. The van der Waals surface area contributed by atoms with E-state index in [9.17, 15) is 4.79 Å². The van der Waals surface area contributed by atoms with Crippen molar-refractivity contribution in [3.8, 4) is 0 Å². The van der Waals surface area contributed by atoms with Crippen LogP contribution in [0.4, 0.5) is 5.95 Å². The average molecular weight is 314 g/mol. The molecular weight excluding hydrogens is 288 g/mol. The first-order chi connectivity index (χ1) is 10.9. The lowest BCUT2D eigenvalue weighted by Crippen LogP contribution is -2.49. The number of carbonyl (C=O) groups excluding carboxylic acids is 1. The molecular formula is C18H26N4O. The van der Waals surface area contributed by atoms with E-state index in [-0.39, 0.29) is 10.8 Å². The molecule has 2 aliphatic carbocycles. The molecule has 1 amide bonds. The van der Waals surface area contributed by atoms with E-state index in [1.54, 1.807) is 0 Å². The summed E-state index contributed by atoms with van der Waals surface area (Å²) in [6.07, 6.45) is 8.48. The van der Waals surface area contributed by atoms with Crippen molar-refractivity contribution >= 4 is 11.9 Å². The van der Waals surface area contributed by atoms with E-state index in [4.69, 9.17) is 4.98 Å². The minimum absolute atomic E-state index is 0.0577. The number of likely N-dealkylation sites (tertiary alicyclic amines) is 1. The molecule has 1 aromatic rings. The second-order valence-corrected chi connectivity index (χ2v) is 8.11. The Labute approximate surface area is 138 Å². The fourth-order valence-corrected chi connectivity index (χ4v) is 4.23. The number of anilines is 1. The van der Waals surface area contributed by atoms with Crippen LogP contribution >= 0.6 is 0 Å². The minimum atomic E-state index is -0.0690. The van der Waals surface area contributed by atoms with E-state index in [1.807, 2.05) is 25.2 Å². The molecule has 5 heteroatoms. The van der Waals surface area contributed by atoms with Crippen molar-refractivity contribution in [3.05, 3.63) is 17.5 Å². The van der Waals surface area contributed by atoms with Crippen LogP contribution in [0.25, 0.3) is 0 Å². The Morgan fingerprint density at radius 3 is 2.74 bits per heavy atom. The molecule has 1 saturated carbocycles. The highest BCUT2D eigenvalue weighted by atomic mass is 16.2. The van der Waals surface area contributed by atoms with Crippen LogP contribution in [0.15, 0.2) is 6.20 Å². The number of piperidine rings is 1. The van der Waals surface area contributed by atoms with Crippen molar-refractivity contribution in [1.29, 1.82) is 0 Å². The molecule has 0 bridgehead atoms. The fraction of sp³-hybridized carbons (Fsp3) is 0.722. The van der Waals surface area contributed by atoms with Crippen LogP contribution in [-0.4, -0.2) is 48.0 Å². The highest BCUT2D eigenvalue weighted by Crippen LogP contribution is 2.49. The van der Waals surface area contributed by atoms with Crippen LogP contribution in [0.1, 0.15) is 50.3 Å². The maximum Gasteiger partial charge on any atom is 0.228 e. The number of nitrogens with zero attached hydrogens (tertiary/aromatic N) is 4. The van der Waals surface area contributed by atoms with Gasteiger partial charge in [0.1, 0.15) is 0 Å². The Morgan fingerprint density at radius 1 is 1.26 bits per heavy atom. The summed E-state index contributed by atoms with van der Waals surface area (Å²) < 4.78 is 0. The highest BCUT2D eigenvalue weighted by molar-refractivity contribution is 5.85. The second-order valence-electron chi connectivity index (χ2n) is 8.11. The first-order valence-corrected chi connectivity index (χ1v) is 8.77.